The van der Waals surface area contributed by atoms with Crippen LogP contribution in [0.15, 0.2) is 36.8 Å². The Bertz CT molecular complexity index is 1330. The Morgan fingerprint density at radius 3 is 2.46 bits per heavy atom. The number of halogens is 3. The van der Waals surface area contributed by atoms with Crippen LogP contribution in [0.2, 0.25) is 0 Å². The maximum absolute atomic E-state index is 12.8. The van der Waals surface area contributed by atoms with Gasteiger partial charge >= 0.3 is 6.18 Å². The first-order valence-corrected chi connectivity index (χ1v) is 13.0. The molecule has 9 nitrogen and oxygen atoms in total. The summed E-state index contributed by atoms with van der Waals surface area (Å²) in [7, 11) is -3.56. The van der Waals surface area contributed by atoms with Gasteiger partial charge in [0, 0.05) is 37.8 Å². The van der Waals surface area contributed by atoms with E-state index in [9.17, 15) is 21.6 Å². The molecule has 0 amide bonds. The van der Waals surface area contributed by atoms with Crippen LogP contribution >= 0.6 is 0 Å². The fraction of sp³-hybridized carbons (Fsp3) is 0.500. The molecule has 2 aliphatic rings. The Morgan fingerprint density at radius 1 is 1.03 bits per heavy atom. The molecule has 35 heavy (non-hydrogen) atoms. The lowest BCUT2D eigenvalue weighted by Gasteiger charge is -2.25. The zero-order valence-corrected chi connectivity index (χ0v) is 19.8. The van der Waals surface area contributed by atoms with Gasteiger partial charge in [-0.05, 0) is 30.5 Å². The molecule has 188 valence electrons. The van der Waals surface area contributed by atoms with Gasteiger partial charge < -0.3 is 4.90 Å². The third kappa shape index (κ3) is 5.57. The molecule has 5 rings (SSSR count). The number of fused-ring (bicyclic) bond motifs is 1. The lowest BCUT2D eigenvalue weighted by atomic mass is 9.86. The number of hydrogen-bond donors (Lipinski definition) is 1. The van der Waals surface area contributed by atoms with Gasteiger partial charge in [0.25, 0.3) is 0 Å². The molecule has 13 heteroatoms. The van der Waals surface area contributed by atoms with E-state index in [1.165, 1.54) is 12.5 Å². The topological polar surface area (TPSA) is 110 Å². The van der Waals surface area contributed by atoms with E-state index in [4.69, 9.17) is 5.14 Å². The largest absolute Gasteiger partial charge is 0.408 e. The summed E-state index contributed by atoms with van der Waals surface area (Å²) < 4.78 is 61.8. The van der Waals surface area contributed by atoms with E-state index in [1.807, 2.05) is 12.1 Å². The summed E-state index contributed by atoms with van der Waals surface area (Å²) >= 11 is 0. The van der Waals surface area contributed by atoms with Gasteiger partial charge in [-0.15, -0.1) is 0 Å². The van der Waals surface area contributed by atoms with Crippen molar-refractivity contribution in [2.45, 2.75) is 37.9 Å². The Morgan fingerprint density at radius 2 is 1.74 bits per heavy atom. The molecule has 0 bridgehead atoms. The summed E-state index contributed by atoms with van der Waals surface area (Å²) in [4.78, 5) is 13.0. The molecule has 1 aromatic carbocycles. The molecule has 0 aliphatic carbocycles. The number of likely N-dealkylation sites (tertiary alicyclic amines) is 1. The molecule has 2 saturated heterocycles. The highest BCUT2D eigenvalue weighted by atomic mass is 32.2. The predicted octanol–water partition coefficient (Wildman–Crippen LogP) is 2.28. The molecular weight excluding hydrogens is 483 g/mol. The Hall–Kier alpha value is -2.77. The van der Waals surface area contributed by atoms with Crippen LogP contribution in [0.5, 0.6) is 0 Å². The second-order valence-electron chi connectivity index (χ2n) is 9.63. The van der Waals surface area contributed by atoms with Gasteiger partial charge in [0.1, 0.15) is 18.7 Å². The van der Waals surface area contributed by atoms with Crippen LogP contribution in [-0.4, -0.2) is 65.4 Å². The minimum atomic E-state index is -4.36. The van der Waals surface area contributed by atoms with Gasteiger partial charge in [0.05, 0.1) is 11.1 Å². The minimum absolute atomic E-state index is 0.0901. The lowest BCUT2D eigenvalue weighted by Crippen LogP contribution is -2.31. The van der Waals surface area contributed by atoms with Crippen LogP contribution in [0.1, 0.15) is 24.0 Å². The number of sulfonamides is 1. The maximum atomic E-state index is 12.8. The highest BCUT2D eigenvalue weighted by Crippen LogP contribution is 2.42. The van der Waals surface area contributed by atoms with Gasteiger partial charge in [-0.3, -0.25) is 9.58 Å². The number of benzene rings is 1. The molecular formula is C22H26F3N7O2S. The Labute approximate surface area is 200 Å². The van der Waals surface area contributed by atoms with E-state index >= 15 is 0 Å². The van der Waals surface area contributed by atoms with Crippen molar-refractivity contribution in [2.24, 2.45) is 10.6 Å². The maximum Gasteiger partial charge on any atom is 0.408 e. The quantitative estimate of drug-likeness (QED) is 0.543. The van der Waals surface area contributed by atoms with Crippen LogP contribution < -0.4 is 10.0 Å². The van der Waals surface area contributed by atoms with E-state index in [-0.39, 0.29) is 16.8 Å². The molecule has 1 atom stereocenters. The molecule has 2 aliphatic heterocycles. The van der Waals surface area contributed by atoms with Gasteiger partial charge in [-0.25, -0.2) is 23.5 Å². The van der Waals surface area contributed by atoms with E-state index < -0.39 is 22.7 Å². The number of primary sulfonamides is 1. The SMILES string of the molecule is NS(=O)(=O)Cc1ccc(CN2CCC3(CCN(c4ncnc5nn(CC(F)(F)F)cc45)C3)C2)cc1. The smallest absolute Gasteiger partial charge is 0.355 e. The Balaban J connectivity index is 1.25. The Kier molecular flexibility index (Phi) is 5.96. The van der Waals surface area contributed by atoms with Gasteiger partial charge in [0.2, 0.25) is 10.0 Å². The molecule has 2 fully saturated rings. The van der Waals surface area contributed by atoms with Crippen molar-refractivity contribution in [1.82, 2.24) is 24.6 Å². The van der Waals surface area contributed by atoms with Crippen molar-refractivity contribution in [3.63, 3.8) is 0 Å². The molecule has 1 spiro atoms. The van der Waals surface area contributed by atoms with Gasteiger partial charge in [-0.2, -0.15) is 18.3 Å². The molecule has 4 heterocycles. The lowest BCUT2D eigenvalue weighted by molar-refractivity contribution is -0.142. The second kappa shape index (κ2) is 8.71. The van der Waals surface area contributed by atoms with Gasteiger partial charge in [-0.1, -0.05) is 24.3 Å². The van der Waals surface area contributed by atoms with Crippen molar-refractivity contribution in [3.05, 3.63) is 47.9 Å². The average Bonchev–Trinajstić information content (AvgIpc) is 3.45. The van der Waals surface area contributed by atoms with Crippen LogP contribution in [0.4, 0.5) is 19.0 Å². The highest BCUT2D eigenvalue weighted by Gasteiger charge is 2.44. The average molecular weight is 510 g/mol. The number of rotatable bonds is 6. The molecule has 3 aromatic rings. The third-order valence-corrected chi connectivity index (χ3v) is 7.47. The summed E-state index contributed by atoms with van der Waals surface area (Å²) in [5.74, 6) is 0.450. The molecule has 1 unspecified atom stereocenters. The normalized spacial score (nSPS) is 21.5. The summed E-state index contributed by atoms with van der Waals surface area (Å²) in [6, 6.07) is 7.45. The monoisotopic (exact) mass is 509 g/mol. The first kappa shape index (κ1) is 23.9. The van der Waals surface area contributed by atoms with E-state index in [0.717, 1.165) is 55.8 Å². The van der Waals surface area contributed by atoms with E-state index in [0.29, 0.717) is 16.8 Å². The molecule has 0 saturated carbocycles. The van der Waals surface area contributed by atoms with E-state index in [2.05, 4.69) is 24.9 Å². The number of aromatic nitrogens is 4. The standard InChI is InChI=1S/C22H26F3N7O2S/c23-22(24,25)14-32-10-18-19(29-32)27-15-28-20(18)31-8-6-21(13-31)5-7-30(12-21)9-16-1-3-17(4-2-16)11-35(26,33)34/h1-4,10,15H,5-9,11-14H2,(H2,26,33,34). The van der Waals surface area contributed by atoms with Crippen LogP contribution in [0.3, 0.4) is 0 Å². The third-order valence-electron chi connectivity index (χ3n) is 6.74. The zero-order valence-electron chi connectivity index (χ0n) is 18.9. The van der Waals surface area contributed by atoms with Crippen LogP contribution in [-0.2, 0) is 28.9 Å². The van der Waals surface area contributed by atoms with Crippen molar-refractivity contribution in [1.29, 1.82) is 0 Å². The second-order valence-corrected chi connectivity index (χ2v) is 11.2. The molecule has 0 radical (unpaired) electrons. The number of nitrogens with two attached hydrogens (primary N) is 1. The summed E-state index contributed by atoms with van der Waals surface area (Å²) in [6.07, 6.45) is 0.369. The number of anilines is 1. The van der Waals surface area contributed by atoms with E-state index in [1.54, 1.807) is 12.1 Å². The van der Waals surface area contributed by atoms with Crippen molar-refractivity contribution in [3.8, 4) is 0 Å². The predicted molar refractivity (Wildman–Crippen MR) is 124 cm³/mol. The van der Waals surface area contributed by atoms with Crippen molar-refractivity contribution >= 4 is 26.9 Å². The number of nitrogens with zero attached hydrogens (tertiary/aromatic N) is 6. The van der Waals surface area contributed by atoms with Crippen molar-refractivity contribution in [2.75, 3.05) is 31.1 Å². The first-order chi connectivity index (χ1) is 16.5. The fourth-order valence-electron chi connectivity index (χ4n) is 5.23. The minimum Gasteiger partial charge on any atom is -0.355 e. The fourth-order valence-corrected chi connectivity index (χ4v) is 5.89. The highest BCUT2D eigenvalue weighted by molar-refractivity contribution is 7.88. The van der Waals surface area contributed by atoms with Crippen LogP contribution in [0, 0.1) is 5.41 Å². The van der Waals surface area contributed by atoms with Gasteiger partial charge in [0.15, 0.2) is 5.65 Å². The first-order valence-electron chi connectivity index (χ1n) is 11.3. The summed E-state index contributed by atoms with van der Waals surface area (Å²) in [5, 5.41) is 9.62. The molecule has 2 aromatic heterocycles. The molecule has 2 N–H and O–H groups in total. The number of hydrogen-bond acceptors (Lipinski definition) is 7. The number of alkyl halides is 3. The van der Waals surface area contributed by atoms with Crippen molar-refractivity contribution < 1.29 is 21.6 Å². The van der Waals surface area contributed by atoms with Crippen LogP contribution in [0.25, 0.3) is 11.0 Å². The zero-order chi connectivity index (χ0) is 24.8. The summed E-state index contributed by atoms with van der Waals surface area (Å²) in [5.41, 5.74) is 2.12. The summed E-state index contributed by atoms with van der Waals surface area (Å²) in [6.45, 7) is 2.99.